The van der Waals surface area contributed by atoms with E-state index in [1.54, 1.807) is 17.0 Å². The second-order valence-electron chi connectivity index (χ2n) is 6.48. The minimum Gasteiger partial charge on any atom is -0.365 e. The van der Waals surface area contributed by atoms with Crippen LogP contribution < -0.4 is 21.3 Å². The van der Waals surface area contributed by atoms with Gasteiger partial charge in [0.05, 0.1) is 11.6 Å². The van der Waals surface area contributed by atoms with Gasteiger partial charge in [-0.05, 0) is 55.8 Å². The molecule has 7 nitrogen and oxygen atoms in total. The van der Waals surface area contributed by atoms with Gasteiger partial charge in [0, 0.05) is 12.2 Å². The fraction of sp³-hybridized carbons (Fsp3) is 0.250. The number of benzene rings is 1. The molecule has 1 saturated heterocycles. The van der Waals surface area contributed by atoms with Gasteiger partial charge in [0.15, 0.2) is 0 Å². The molecular weight excluding hydrogens is 342 g/mol. The van der Waals surface area contributed by atoms with Gasteiger partial charge in [-0.1, -0.05) is 18.7 Å². The molecule has 0 bridgehead atoms. The highest BCUT2D eigenvalue weighted by Crippen LogP contribution is 2.26. The van der Waals surface area contributed by atoms with Crippen LogP contribution in [0.3, 0.4) is 0 Å². The normalized spacial score (nSPS) is 16.0. The maximum Gasteiger partial charge on any atom is 0.252 e. The second-order valence-corrected chi connectivity index (χ2v) is 6.48. The third kappa shape index (κ3) is 4.15. The number of aryl methyl sites for hydroxylation is 1. The monoisotopic (exact) mass is 365 g/mol. The van der Waals surface area contributed by atoms with Crippen LogP contribution in [0.2, 0.25) is 0 Å². The first kappa shape index (κ1) is 18.6. The van der Waals surface area contributed by atoms with E-state index in [1.807, 2.05) is 31.2 Å². The van der Waals surface area contributed by atoms with E-state index in [1.165, 1.54) is 6.08 Å². The number of carbonyl (C=O) groups is 2. The van der Waals surface area contributed by atoms with Crippen molar-refractivity contribution in [3.05, 3.63) is 60.2 Å². The second kappa shape index (κ2) is 8.01. The van der Waals surface area contributed by atoms with Gasteiger partial charge in [0.2, 0.25) is 0 Å². The third-order valence-corrected chi connectivity index (χ3v) is 4.49. The van der Waals surface area contributed by atoms with Crippen LogP contribution in [-0.4, -0.2) is 35.9 Å². The Kier molecular flexibility index (Phi) is 5.52. The highest BCUT2D eigenvalue weighted by molar-refractivity contribution is 6.02. The van der Waals surface area contributed by atoms with E-state index in [-0.39, 0.29) is 17.5 Å². The Balaban J connectivity index is 2.02. The van der Waals surface area contributed by atoms with Crippen LogP contribution >= 0.6 is 0 Å². The number of nitrogens with two attached hydrogens (primary N) is 1. The summed E-state index contributed by atoms with van der Waals surface area (Å²) in [5.41, 5.74) is 7.62. The van der Waals surface area contributed by atoms with Gasteiger partial charge in [0.25, 0.3) is 11.8 Å². The van der Waals surface area contributed by atoms with Crippen molar-refractivity contribution in [2.75, 3.05) is 23.3 Å². The number of aromatic nitrogens is 1. The van der Waals surface area contributed by atoms with E-state index in [4.69, 9.17) is 5.73 Å². The molecular formula is C20H23N5O2. The van der Waals surface area contributed by atoms with Crippen LogP contribution in [0.5, 0.6) is 0 Å². The molecule has 1 fully saturated rings. The summed E-state index contributed by atoms with van der Waals surface area (Å²) in [6, 6.07) is 10.9. The molecule has 1 aliphatic rings. The molecule has 2 aromatic rings. The summed E-state index contributed by atoms with van der Waals surface area (Å²) in [6.45, 7) is 7.08. The average Bonchev–Trinajstić information content (AvgIpc) is 3.16. The summed E-state index contributed by atoms with van der Waals surface area (Å²) >= 11 is 0. The van der Waals surface area contributed by atoms with Crippen LogP contribution in [0.1, 0.15) is 22.3 Å². The lowest BCUT2D eigenvalue weighted by molar-refractivity contribution is -0.114. The van der Waals surface area contributed by atoms with E-state index in [2.05, 4.69) is 22.2 Å². The number of nitrogens with one attached hydrogen (secondary N) is 2. The Bertz CT molecular complexity index is 874. The van der Waals surface area contributed by atoms with E-state index < -0.39 is 5.91 Å². The maximum absolute atomic E-state index is 12.5. The number of carbonyl (C=O) groups excluding carboxylic acids is 2. The highest BCUT2D eigenvalue weighted by Gasteiger charge is 2.28. The minimum absolute atomic E-state index is 0.0192. The van der Waals surface area contributed by atoms with Crippen LogP contribution in [0, 0.1) is 6.92 Å². The first-order valence-electron chi connectivity index (χ1n) is 8.80. The zero-order valence-corrected chi connectivity index (χ0v) is 15.2. The zero-order chi connectivity index (χ0) is 19.4. The molecule has 2 heterocycles. The van der Waals surface area contributed by atoms with Gasteiger partial charge in [-0.25, -0.2) is 4.98 Å². The summed E-state index contributed by atoms with van der Waals surface area (Å²) in [7, 11) is 0. The SMILES string of the molecule is C=CC(=O)N(c1ccc(C(N)=O)c(Nc2cccc(C)c2)n1)C1CCNC1. The van der Waals surface area contributed by atoms with Crippen molar-refractivity contribution in [1.82, 2.24) is 10.3 Å². The summed E-state index contributed by atoms with van der Waals surface area (Å²) in [6.07, 6.45) is 2.09. The molecule has 0 aliphatic carbocycles. The number of pyridine rings is 1. The number of rotatable bonds is 6. The molecule has 0 radical (unpaired) electrons. The van der Waals surface area contributed by atoms with Gasteiger partial charge < -0.3 is 16.4 Å². The van der Waals surface area contributed by atoms with Crippen molar-refractivity contribution < 1.29 is 9.59 Å². The van der Waals surface area contributed by atoms with Crippen LogP contribution in [0.25, 0.3) is 0 Å². The molecule has 0 spiro atoms. The van der Waals surface area contributed by atoms with E-state index >= 15 is 0 Å². The lowest BCUT2D eigenvalue weighted by Gasteiger charge is -2.27. The fourth-order valence-corrected chi connectivity index (χ4v) is 3.17. The number of hydrogen-bond donors (Lipinski definition) is 3. The Morgan fingerprint density at radius 3 is 2.81 bits per heavy atom. The predicted molar refractivity (Wildman–Crippen MR) is 106 cm³/mol. The molecule has 140 valence electrons. The van der Waals surface area contributed by atoms with Gasteiger partial charge in [-0.3, -0.25) is 14.5 Å². The van der Waals surface area contributed by atoms with Crippen LogP contribution in [0.4, 0.5) is 17.3 Å². The number of amides is 2. The van der Waals surface area contributed by atoms with Crippen LogP contribution in [-0.2, 0) is 4.79 Å². The fourth-order valence-electron chi connectivity index (χ4n) is 3.17. The standard InChI is InChI=1S/C20H23N5O2/c1-3-18(26)25(15-9-10-22-12-15)17-8-7-16(19(21)27)20(24-17)23-14-6-4-5-13(2)11-14/h3-8,11,15,22H,1,9-10,12H2,2H3,(H2,21,27)(H,23,24). The number of anilines is 3. The first-order chi connectivity index (χ1) is 13.0. The molecule has 1 aliphatic heterocycles. The lowest BCUT2D eigenvalue weighted by Crippen LogP contribution is -2.41. The van der Waals surface area contributed by atoms with Gasteiger partial charge >= 0.3 is 0 Å². The molecule has 0 saturated carbocycles. The molecule has 4 N–H and O–H groups in total. The summed E-state index contributed by atoms with van der Waals surface area (Å²) in [5.74, 6) is -0.0509. The van der Waals surface area contributed by atoms with E-state index in [0.29, 0.717) is 18.2 Å². The lowest BCUT2D eigenvalue weighted by atomic mass is 10.1. The summed E-state index contributed by atoms with van der Waals surface area (Å²) < 4.78 is 0. The van der Waals surface area contributed by atoms with Crippen molar-refractivity contribution in [2.24, 2.45) is 5.73 Å². The molecule has 1 aromatic carbocycles. The topological polar surface area (TPSA) is 100 Å². The highest BCUT2D eigenvalue weighted by atomic mass is 16.2. The van der Waals surface area contributed by atoms with Gasteiger partial charge in [-0.2, -0.15) is 0 Å². The quantitative estimate of drug-likeness (QED) is 0.681. The molecule has 1 atom stereocenters. The largest absolute Gasteiger partial charge is 0.365 e. The first-order valence-corrected chi connectivity index (χ1v) is 8.80. The van der Waals surface area contributed by atoms with Crippen molar-refractivity contribution in [3.63, 3.8) is 0 Å². The van der Waals surface area contributed by atoms with E-state index in [0.717, 1.165) is 24.2 Å². The van der Waals surface area contributed by atoms with Gasteiger partial charge in [-0.15, -0.1) is 0 Å². The third-order valence-electron chi connectivity index (χ3n) is 4.49. The zero-order valence-electron chi connectivity index (χ0n) is 15.2. The summed E-state index contributed by atoms with van der Waals surface area (Å²) in [4.78, 5) is 30.5. The van der Waals surface area contributed by atoms with Crippen molar-refractivity contribution in [1.29, 1.82) is 0 Å². The number of primary amides is 1. The molecule has 7 heteroatoms. The summed E-state index contributed by atoms with van der Waals surface area (Å²) in [5, 5.41) is 6.39. The number of hydrogen-bond acceptors (Lipinski definition) is 5. The smallest absolute Gasteiger partial charge is 0.252 e. The van der Waals surface area contributed by atoms with E-state index in [9.17, 15) is 9.59 Å². The molecule has 27 heavy (non-hydrogen) atoms. The molecule has 2 amide bonds. The Hall–Kier alpha value is -3.19. The average molecular weight is 365 g/mol. The molecule has 1 aromatic heterocycles. The van der Waals surface area contributed by atoms with Crippen LogP contribution in [0.15, 0.2) is 49.1 Å². The molecule has 1 unspecified atom stereocenters. The Labute approximate surface area is 158 Å². The number of nitrogens with zero attached hydrogens (tertiary/aromatic N) is 2. The Morgan fingerprint density at radius 2 is 2.19 bits per heavy atom. The molecule has 3 rings (SSSR count). The van der Waals surface area contributed by atoms with Crippen molar-refractivity contribution >= 4 is 29.1 Å². The maximum atomic E-state index is 12.5. The Morgan fingerprint density at radius 1 is 1.37 bits per heavy atom. The van der Waals surface area contributed by atoms with Gasteiger partial charge in [0.1, 0.15) is 11.6 Å². The predicted octanol–water partition coefficient (Wildman–Crippen LogP) is 2.11. The minimum atomic E-state index is -0.590. The van der Waals surface area contributed by atoms with Crippen molar-refractivity contribution in [2.45, 2.75) is 19.4 Å². The van der Waals surface area contributed by atoms with Crippen molar-refractivity contribution in [3.8, 4) is 0 Å².